The first-order valence-corrected chi connectivity index (χ1v) is 16.7. The Balaban J connectivity index is 1.22. The zero-order chi connectivity index (χ0) is 32.9. The van der Waals surface area contributed by atoms with E-state index >= 15 is 0 Å². The second-order valence-corrected chi connectivity index (χ2v) is 12.8. The van der Waals surface area contributed by atoms with Gasteiger partial charge in [-0.3, -0.25) is 9.97 Å². The predicted octanol–water partition coefficient (Wildman–Crippen LogP) is 12.0. The van der Waals surface area contributed by atoms with Gasteiger partial charge in [0.15, 0.2) is 0 Å². The van der Waals surface area contributed by atoms with Crippen molar-refractivity contribution in [2.24, 2.45) is 0 Å². The van der Waals surface area contributed by atoms with Crippen LogP contribution >= 0.6 is 0 Å². The minimum absolute atomic E-state index is 1.02. The third-order valence-electron chi connectivity index (χ3n) is 9.72. The summed E-state index contributed by atoms with van der Waals surface area (Å²) in [6.45, 7) is 4.23. The number of rotatable bonds is 5. The maximum Gasteiger partial charge on any atom is 0.0731 e. The number of pyridine rings is 2. The molecule has 0 atom stereocenters. The maximum atomic E-state index is 4.68. The van der Waals surface area contributed by atoms with Crippen LogP contribution in [0.25, 0.3) is 83.0 Å². The molecule has 0 saturated carbocycles. The van der Waals surface area contributed by atoms with E-state index in [1.165, 1.54) is 66.0 Å². The molecule has 0 aliphatic rings. The Hall–Kier alpha value is -6.32. The van der Waals surface area contributed by atoms with Crippen molar-refractivity contribution in [3.05, 3.63) is 175 Å². The Bertz CT molecular complexity index is 2680. The lowest BCUT2D eigenvalue weighted by Gasteiger charge is -2.12. The van der Waals surface area contributed by atoms with Crippen LogP contribution in [0.4, 0.5) is 0 Å². The summed E-state index contributed by atoms with van der Waals surface area (Å²) >= 11 is 0. The van der Waals surface area contributed by atoms with Gasteiger partial charge in [0, 0.05) is 45.4 Å². The summed E-state index contributed by atoms with van der Waals surface area (Å²) in [7, 11) is 0. The number of benzene rings is 6. The van der Waals surface area contributed by atoms with Crippen LogP contribution in [0.3, 0.4) is 0 Å². The lowest BCUT2D eigenvalue weighted by Crippen LogP contribution is -1.94. The third kappa shape index (κ3) is 4.99. The maximum absolute atomic E-state index is 4.68. The van der Waals surface area contributed by atoms with Crippen LogP contribution in [-0.2, 0) is 0 Å². The number of fused-ring (bicyclic) bond motifs is 5. The molecule has 0 fully saturated rings. The summed E-state index contributed by atoms with van der Waals surface area (Å²) in [6, 6.07) is 54.7. The van der Waals surface area contributed by atoms with Crippen LogP contribution in [0.1, 0.15) is 11.1 Å². The predicted molar refractivity (Wildman–Crippen MR) is 205 cm³/mol. The van der Waals surface area contributed by atoms with Gasteiger partial charge in [-0.25, -0.2) is 0 Å². The zero-order valence-corrected chi connectivity index (χ0v) is 27.4. The number of aryl methyl sites for hydroxylation is 2. The normalized spacial score (nSPS) is 11.5. The van der Waals surface area contributed by atoms with Crippen molar-refractivity contribution < 1.29 is 0 Å². The van der Waals surface area contributed by atoms with Crippen molar-refractivity contribution in [3.63, 3.8) is 0 Å². The largest absolute Gasteiger partial charge is 0.309 e. The average molecular weight is 628 g/mol. The molecule has 232 valence electrons. The minimum Gasteiger partial charge on any atom is -0.309 e. The summed E-state index contributed by atoms with van der Waals surface area (Å²) < 4.78 is 2.44. The number of hydrogen-bond donors (Lipinski definition) is 0. The highest BCUT2D eigenvalue weighted by molar-refractivity contribution is 6.19. The van der Waals surface area contributed by atoms with Gasteiger partial charge in [-0.05, 0) is 101 Å². The molecule has 3 aromatic heterocycles. The average Bonchev–Trinajstić information content (AvgIpc) is 3.49. The summed E-state index contributed by atoms with van der Waals surface area (Å²) in [4.78, 5) is 9.35. The molecular formula is C46H33N3. The molecule has 49 heavy (non-hydrogen) atoms. The number of nitrogens with zero attached hydrogens (tertiary/aromatic N) is 3. The molecule has 6 aromatic carbocycles. The van der Waals surface area contributed by atoms with E-state index in [-0.39, 0.29) is 0 Å². The summed E-state index contributed by atoms with van der Waals surface area (Å²) in [5, 5.41) is 4.93. The second kappa shape index (κ2) is 11.7. The molecule has 3 heteroatoms. The topological polar surface area (TPSA) is 30.7 Å². The summed E-state index contributed by atoms with van der Waals surface area (Å²) in [5.41, 5.74) is 14.9. The molecule has 0 saturated heterocycles. The lowest BCUT2D eigenvalue weighted by molar-refractivity contribution is 1.19. The molecule has 0 spiro atoms. The Morgan fingerprint density at radius 3 is 1.59 bits per heavy atom. The third-order valence-corrected chi connectivity index (χ3v) is 9.72. The van der Waals surface area contributed by atoms with E-state index in [2.05, 4.69) is 168 Å². The standard InChI is InChI=1S/C46H33N3/c1-30-10-8-24-47-44(30)37-14-6-12-32(27-37)34-18-21-40-36(26-34)20-23-42-41-22-19-35(29-43(41)49(46(40)42)39-16-4-3-5-17-39)33-13-7-15-38(28-33)45-31(2)11-9-25-48-45/h3-29H,1-2H3. The van der Waals surface area contributed by atoms with E-state index in [4.69, 9.17) is 0 Å². The summed E-state index contributed by atoms with van der Waals surface area (Å²) in [5.74, 6) is 0. The number of para-hydroxylation sites is 1. The molecule has 3 nitrogen and oxygen atoms in total. The van der Waals surface area contributed by atoms with Gasteiger partial charge in [-0.15, -0.1) is 0 Å². The van der Waals surface area contributed by atoms with Crippen LogP contribution < -0.4 is 0 Å². The van der Waals surface area contributed by atoms with Gasteiger partial charge in [0.25, 0.3) is 0 Å². The number of hydrogen-bond acceptors (Lipinski definition) is 2. The Morgan fingerprint density at radius 1 is 0.408 bits per heavy atom. The smallest absolute Gasteiger partial charge is 0.0731 e. The highest BCUT2D eigenvalue weighted by atomic mass is 15.0. The molecule has 0 amide bonds. The van der Waals surface area contributed by atoms with Crippen LogP contribution in [0.5, 0.6) is 0 Å². The van der Waals surface area contributed by atoms with E-state index < -0.39 is 0 Å². The fraction of sp³-hybridized carbons (Fsp3) is 0.0435. The number of aromatic nitrogens is 3. The van der Waals surface area contributed by atoms with Gasteiger partial charge >= 0.3 is 0 Å². The highest BCUT2D eigenvalue weighted by Crippen LogP contribution is 2.40. The van der Waals surface area contributed by atoms with E-state index in [0.29, 0.717) is 0 Å². The second-order valence-electron chi connectivity index (χ2n) is 12.8. The van der Waals surface area contributed by atoms with Gasteiger partial charge in [-0.2, -0.15) is 0 Å². The van der Waals surface area contributed by atoms with Crippen LogP contribution in [0.15, 0.2) is 164 Å². The van der Waals surface area contributed by atoms with Crippen molar-refractivity contribution >= 4 is 32.6 Å². The van der Waals surface area contributed by atoms with Gasteiger partial charge in [0.05, 0.1) is 22.4 Å². The molecule has 0 unspecified atom stereocenters. The minimum atomic E-state index is 1.02. The van der Waals surface area contributed by atoms with E-state index in [9.17, 15) is 0 Å². The molecule has 0 aliphatic carbocycles. The van der Waals surface area contributed by atoms with Crippen molar-refractivity contribution in [1.82, 2.24) is 14.5 Å². The zero-order valence-electron chi connectivity index (χ0n) is 27.4. The van der Waals surface area contributed by atoms with Crippen LogP contribution in [0, 0.1) is 13.8 Å². The quantitative estimate of drug-likeness (QED) is 0.190. The molecule has 0 radical (unpaired) electrons. The fourth-order valence-corrected chi connectivity index (χ4v) is 7.31. The van der Waals surface area contributed by atoms with Crippen molar-refractivity contribution in [2.75, 3.05) is 0 Å². The molecule has 3 heterocycles. The molecule has 9 aromatic rings. The first kappa shape index (κ1) is 28.9. The van der Waals surface area contributed by atoms with Crippen LogP contribution in [0.2, 0.25) is 0 Å². The molecule has 0 aliphatic heterocycles. The SMILES string of the molecule is Cc1cccnc1-c1cccc(-c2ccc3c(ccc4c5ccc(-c6cccc(-c7ncccc7C)c6)cc5n(-c5ccccc5)c34)c2)c1. The highest BCUT2D eigenvalue weighted by Gasteiger charge is 2.17. The van der Waals surface area contributed by atoms with Gasteiger partial charge in [0.1, 0.15) is 0 Å². The summed E-state index contributed by atoms with van der Waals surface area (Å²) in [6.07, 6.45) is 3.73. The lowest BCUT2D eigenvalue weighted by atomic mass is 9.96. The van der Waals surface area contributed by atoms with Crippen molar-refractivity contribution in [2.45, 2.75) is 13.8 Å². The first-order chi connectivity index (χ1) is 24.1. The van der Waals surface area contributed by atoms with Gasteiger partial charge in [-0.1, -0.05) is 103 Å². The Kier molecular flexibility index (Phi) is 6.91. The molecule has 0 N–H and O–H groups in total. The van der Waals surface area contributed by atoms with Crippen molar-refractivity contribution in [1.29, 1.82) is 0 Å². The monoisotopic (exact) mass is 627 g/mol. The van der Waals surface area contributed by atoms with Crippen LogP contribution in [-0.4, -0.2) is 14.5 Å². The molecular weight excluding hydrogens is 595 g/mol. The fourth-order valence-electron chi connectivity index (χ4n) is 7.31. The van der Waals surface area contributed by atoms with E-state index in [1.54, 1.807) is 0 Å². The van der Waals surface area contributed by atoms with E-state index in [0.717, 1.165) is 28.2 Å². The molecule has 9 rings (SSSR count). The van der Waals surface area contributed by atoms with E-state index in [1.807, 2.05) is 24.5 Å². The first-order valence-electron chi connectivity index (χ1n) is 16.7. The van der Waals surface area contributed by atoms with Gasteiger partial charge < -0.3 is 4.57 Å². The Morgan fingerprint density at radius 2 is 0.959 bits per heavy atom. The Labute approximate surface area is 285 Å². The molecule has 0 bridgehead atoms. The van der Waals surface area contributed by atoms with Gasteiger partial charge in [0.2, 0.25) is 0 Å². The van der Waals surface area contributed by atoms with Crippen molar-refractivity contribution in [3.8, 4) is 50.5 Å².